The smallest absolute Gasteiger partial charge is 0.224 e. The summed E-state index contributed by atoms with van der Waals surface area (Å²) < 4.78 is 0. The first-order valence-corrected chi connectivity index (χ1v) is 7.17. The van der Waals surface area contributed by atoms with Gasteiger partial charge in [0.1, 0.15) is 0 Å². The van der Waals surface area contributed by atoms with Gasteiger partial charge in [0.25, 0.3) is 0 Å². The molecule has 1 amide bonds. The zero-order chi connectivity index (χ0) is 14.2. The average molecular weight is 288 g/mol. The van der Waals surface area contributed by atoms with Crippen molar-refractivity contribution in [3.8, 4) is 0 Å². The van der Waals surface area contributed by atoms with Crippen molar-refractivity contribution in [1.82, 2.24) is 5.32 Å². The normalized spacial score (nSPS) is 10.2. The van der Waals surface area contributed by atoms with Crippen molar-refractivity contribution >= 4 is 17.5 Å². The SMILES string of the molecule is O=C(Cc1ccc(Cl)cc1)NCCCc1ccccc1. The highest BCUT2D eigenvalue weighted by atomic mass is 35.5. The molecule has 0 aliphatic rings. The monoisotopic (exact) mass is 287 g/mol. The lowest BCUT2D eigenvalue weighted by Crippen LogP contribution is -2.26. The summed E-state index contributed by atoms with van der Waals surface area (Å²) in [4.78, 5) is 11.8. The minimum atomic E-state index is 0.0559. The van der Waals surface area contributed by atoms with E-state index in [0.717, 1.165) is 18.4 Å². The second-order valence-electron chi connectivity index (χ2n) is 4.74. The minimum absolute atomic E-state index is 0.0559. The molecule has 0 saturated heterocycles. The highest BCUT2D eigenvalue weighted by Gasteiger charge is 2.02. The van der Waals surface area contributed by atoms with Gasteiger partial charge in [0.05, 0.1) is 6.42 Å². The average Bonchev–Trinajstić information content (AvgIpc) is 2.47. The number of hydrogen-bond donors (Lipinski definition) is 1. The Kier molecular flexibility index (Phi) is 5.63. The molecule has 3 heteroatoms. The van der Waals surface area contributed by atoms with E-state index in [4.69, 9.17) is 11.6 Å². The lowest BCUT2D eigenvalue weighted by atomic mass is 10.1. The molecule has 2 rings (SSSR count). The van der Waals surface area contributed by atoms with Crippen molar-refractivity contribution in [2.45, 2.75) is 19.3 Å². The minimum Gasteiger partial charge on any atom is -0.356 e. The summed E-state index contributed by atoms with van der Waals surface area (Å²) in [6.45, 7) is 0.710. The quantitative estimate of drug-likeness (QED) is 0.808. The van der Waals surface area contributed by atoms with Gasteiger partial charge in [0, 0.05) is 11.6 Å². The molecule has 1 N–H and O–H groups in total. The molecular weight excluding hydrogens is 270 g/mol. The summed E-state index contributed by atoms with van der Waals surface area (Å²) in [6.07, 6.45) is 2.35. The van der Waals surface area contributed by atoms with Crippen LogP contribution in [-0.2, 0) is 17.6 Å². The maximum absolute atomic E-state index is 11.8. The zero-order valence-electron chi connectivity index (χ0n) is 11.3. The van der Waals surface area contributed by atoms with E-state index in [1.54, 1.807) is 12.1 Å². The van der Waals surface area contributed by atoms with E-state index in [-0.39, 0.29) is 5.91 Å². The van der Waals surface area contributed by atoms with Crippen LogP contribution in [0.3, 0.4) is 0 Å². The fourth-order valence-electron chi connectivity index (χ4n) is 2.02. The standard InChI is InChI=1S/C17H18ClNO/c18-16-10-8-15(9-11-16)13-17(20)19-12-4-7-14-5-2-1-3-6-14/h1-3,5-6,8-11H,4,7,12-13H2,(H,19,20). The number of aryl methyl sites for hydroxylation is 1. The number of carbonyl (C=O) groups excluding carboxylic acids is 1. The third-order valence-electron chi connectivity index (χ3n) is 3.09. The Morgan fingerprint density at radius 3 is 2.35 bits per heavy atom. The second kappa shape index (κ2) is 7.71. The first-order valence-electron chi connectivity index (χ1n) is 6.79. The molecule has 0 aliphatic heterocycles. The van der Waals surface area contributed by atoms with Crippen LogP contribution in [0.4, 0.5) is 0 Å². The van der Waals surface area contributed by atoms with Crippen LogP contribution in [0.2, 0.25) is 5.02 Å². The zero-order valence-corrected chi connectivity index (χ0v) is 12.1. The third-order valence-corrected chi connectivity index (χ3v) is 3.34. The van der Waals surface area contributed by atoms with Gasteiger partial charge in [-0.25, -0.2) is 0 Å². The van der Waals surface area contributed by atoms with E-state index in [1.807, 2.05) is 30.3 Å². The maximum atomic E-state index is 11.8. The fourth-order valence-corrected chi connectivity index (χ4v) is 2.14. The van der Waals surface area contributed by atoms with E-state index in [1.165, 1.54) is 5.56 Å². The fraction of sp³-hybridized carbons (Fsp3) is 0.235. The number of rotatable bonds is 6. The topological polar surface area (TPSA) is 29.1 Å². The van der Waals surface area contributed by atoms with Crippen molar-refractivity contribution in [1.29, 1.82) is 0 Å². The largest absolute Gasteiger partial charge is 0.356 e. The van der Waals surface area contributed by atoms with E-state index in [0.29, 0.717) is 18.0 Å². The van der Waals surface area contributed by atoms with Crippen LogP contribution in [-0.4, -0.2) is 12.5 Å². The first kappa shape index (κ1) is 14.6. The number of nitrogens with one attached hydrogen (secondary N) is 1. The predicted octanol–water partition coefficient (Wildman–Crippen LogP) is 3.63. The Morgan fingerprint density at radius 2 is 1.65 bits per heavy atom. The van der Waals surface area contributed by atoms with Crippen LogP contribution >= 0.6 is 11.6 Å². The van der Waals surface area contributed by atoms with Crippen molar-refractivity contribution in [2.24, 2.45) is 0 Å². The van der Waals surface area contributed by atoms with E-state index in [9.17, 15) is 4.79 Å². The summed E-state index contributed by atoms with van der Waals surface area (Å²) in [7, 11) is 0. The van der Waals surface area contributed by atoms with Gasteiger partial charge in [-0.1, -0.05) is 54.1 Å². The van der Waals surface area contributed by atoms with Gasteiger partial charge < -0.3 is 5.32 Å². The van der Waals surface area contributed by atoms with Crippen molar-refractivity contribution < 1.29 is 4.79 Å². The van der Waals surface area contributed by atoms with Crippen LogP contribution in [0.15, 0.2) is 54.6 Å². The highest BCUT2D eigenvalue weighted by molar-refractivity contribution is 6.30. The van der Waals surface area contributed by atoms with E-state index < -0.39 is 0 Å². The Labute approximate surface area is 124 Å². The molecule has 0 unspecified atom stereocenters. The van der Waals surface area contributed by atoms with Crippen LogP contribution in [0.25, 0.3) is 0 Å². The van der Waals surface area contributed by atoms with Crippen molar-refractivity contribution in [3.05, 3.63) is 70.7 Å². The molecule has 0 spiro atoms. The van der Waals surface area contributed by atoms with Crippen LogP contribution in [0.5, 0.6) is 0 Å². The van der Waals surface area contributed by atoms with Crippen LogP contribution in [0, 0.1) is 0 Å². The molecule has 2 nitrogen and oxygen atoms in total. The van der Waals surface area contributed by atoms with Crippen molar-refractivity contribution in [2.75, 3.05) is 6.54 Å². The van der Waals surface area contributed by atoms with Gasteiger partial charge >= 0.3 is 0 Å². The molecule has 0 fully saturated rings. The summed E-state index contributed by atoms with van der Waals surface area (Å²) >= 11 is 5.81. The van der Waals surface area contributed by atoms with E-state index in [2.05, 4.69) is 17.4 Å². The number of amides is 1. The van der Waals surface area contributed by atoms with Gasteiger partial charge in [0.2, 0.25) is 5.91 Å². The van der Waals surface area contributed by atoms with Crippen LogP contribution < -0.4 is 5.32 Å². The molecule has 0 radical (unpaired) electrons. The molecule has 2 aromatic rings. The summed E-state index contributed by atoms with van der Waals surface area (Å²) in [5.74, 6) is 0.0559. The lowest BCUT2D eigenvalue weighted by molar-refractivity contribution is -0.120. The molecule has 104 valence electrons. The summed E-state index contributed by atoms with van der Waals surface area (Å²) in [5, 5.41) is 3.64. The summed E-state index contributed by atoms with van der Waals surface area (Å²) in [5.41, 5.74) is 2.29. The van der Waals surface area contributed by atoms with Gasteiger partial charge in [-0.2, -0.15) is 0 Å². The Morgan fingerprint density at radius 1 is 0.950 bits per heavy atom. The number of benzene rings is 2. The maximum Gasteiger partial charge on any atom is 0.224 e. The van der Waals surface area contributed by atoms with Gasteiger partial charge in [0.15, 0.2) is 0 Å². The molecule has 2 aromatic carbocycles. The number of carbonyl (C=O) groups is 1. The molecule has 0 saturated carbocycles. The third kappa shape index (κ3) is 5.06. The first-order chi connectivity index (χ1) is 9.74. The molecule has 0 aromatic heterocycles. The Hall–Kier alpha value is -1.80. The molecule has 0 bridgehead atoms. The number of hydrogen-bond acceptors (Lipinski definition) is 1. The van der Waals surface area contributed by atoms with Gasteiger partial charge in [-0.05, 0) is 36.1 Å². The van der Waals surface area contributed by atoms with Gasteiger partial charge in [-0.3, -0.25) is 4.79 Å². The summed E-state index contributed by atoms with van der Waals surface area (Å²) in [6, 6.07) is 17.7. The Bertz CT molecular complexity index is 537. The molecule has 0 atom stereocenters. The predicted molar refractivity (Wildman–Crippen MR) is 82.9 cm³/mol. The number of halogens is 1. The molecule has 0 aliphatic carbocycles. The highest BCUT2D eigenvalue weighted by Crippen LogP contribution is 2.09. The second-order valence-corrected chi connectivity index (χ2v) is 5.18. The van der Waals surface area contributed by atoms with Gasteiger partial charge in [-0.15, -0.1) is 0 Å². The molecule has 0 heterocycles. The molecule has 20 heavy (non-hydrogen) atoms. The molecular formula is C17H18ClNO. The lowest BCUT2D eigenvalue weighted by Gasteiger charge is -2.05. The van der Waals surface area contributed by atoms with Crippen LogP contribution in [0.1, 0.15) is 17.5 Å². The Balaban J connectivity index is 1.66. The van der Waals surface area contributed by atoms with E-state index >= 15 is 0 Å². The van der Waals surface area contributed by atoms with Crippen molar-refractivity contribution in [3.63, 3.8) is 0 Å².